The average molecular weight is 347 g/mol. The van der Waals surface area contributed by atoms with Gasteiger partial charge in [0.1, 0.15) is 18.5 Å². The molecule has 24 heavy (non-hydrogen) atoms. The van der Waals surface area contributed by atoms with Gasteiger partial charge in [-0.3, -0.25) is 4.90 Å². The van der Waals surface area contributed by atoms with E-state index in [0.29, 0.717) is 6.54 Å². The van der Waals surface area contributed by atoms with E-state index in [1.165, 1.54) is 12.1 Å². The van der Waals surface area contributed by atoms with Gasteiger partial charge in [0.05, 0.1) is 11.7 Å². The van der Waals surface area contributed by atoms with Crippen molar-refractivity contribution in [1.29, 1.82) is 0 Å². The van der Waals surface area contributed by atoms with E-state index in [0.717, 1.165) is 37.8 Å². The zero-order valence-corrected chi connectivity index (χ0v) is 13.7. The van der Waals surface area contributed by atoms with Gasteiger partial charge in [0.2, 0.25) is 0 Å². The molecule has 0 spiro atoms. The predicted molar refractivity (Wildman–Crippen MR) is 83.8 cm³/mol. The number of aliphatic hydroxyl groups excluding tert-OH is 2. The van der Waals surface area contributed by atoms with Gasteiger partial charge in [0.15, 0.2) is 0 Å². The van der Waals surface area contributed by atoms with Gasteiger partial charge >= 0.3 is 6.18 Å². The fraction of sp³-hybridized carbons (Fsp3) is 0.647. The van der Waals surface area contributed by atoms with Crippen LogP contribution in [-0.2, 0) is 6.18 Å². The molecule has 0 aromatic heterocycles. The number of halogens is 3. The van der Waals surface area contributed by atoms with Crippen molar-refractivity contribution in [2.24, 2.45) is 0 Å². The van der Waals surface area contributed by atoms with Crippen molar-refractivity contribution in [3.8, 4) is 5.75 Å². The maximum Gasteiger partial charge on any atom is 0.416 e. The Balaban J connectivity index is 1.79. The van der Waals surface area contributed by atoms with Crippen molar-refractivity contribution in [3.05, 3.63) is 29.8 Å². The van der Waals surface area contributed by atoms with Gasteiger partial charge < -0.3 is 14.9 Å². The number of hydrogen-bond donors (Lipinski definition) is 2. The third-order valence-electron chi connectivity index (χ3n) is 4.38. The molecule has 4 nitrogen and oxygen atoms in total. The van der Waals surface area contributed by atoms with Gasteiger partial charge in [-0.2, -0.15) is 13.2 Å². The smallest absolute Gasteiger partial charge is 0.416 e. The van der Waals surface area contributed by atoms with E-state index in [1.807, 2.05) is 11.9 Å². The van der Waals surface area contributed by atoms with E-state index in [-0.39, 0.29) is 24.5 Å². The number of alkyl halides is 3. The van der Waals surface area contributed by atoms with Crippen molar-refractivity contribution < 1.29 is 28.1 Å². The Hall–Kier alpha value is -1.31. The fourth-order valence-corrected chi connectivity index (χ4v) is 3.06. The molecule has 0 heterocycles. The van der Waals surface area contributed by atoms with Crippen LogP contribution >= 0.6 is 0 Å². The third-order valence-corrected chi connectivity index (χ3v) is 4.38. The summed E-state index contributed by atoms with van der Waals surface area (Å²) in [5.74, 6) is 0.280. The normalized spacial score (nSPS) is 23.3. The molecule has 0 aliphatic heterocycles. The standard InChI is InChI=1S/C17H24F3NO3/c1-21(15-4-2-3-5-16(15)23)10-13(22)11-24-14-8-6-12(7-9-14)17(18,19)20/h6-9,13,15-16,22-23H,2-5,10-11H2,1H3. The van der Waals surface area contributed by atoms with Crippen LogP contribution in [-0.4, -0.2) is 53.6 Å². The number of benzene rings is 1. The van der Waals surface area contributed by atoms with Gasteiger partial charge in [0.25, 0.3) is 0 Å². The summed E-state index contributed by atoms with van der Waals surface area (Å²) in [4.78, 5) is 1.92. The quantitative estimate of drug-likeness (QED) is 0.831. The number of likely N-dealkylation sites (N-methyl/N-ethyl adjacent to an activating group) is 1. The topological polar surface area (TPSA) is 52.9 Å². The Labute approximate surface area is 139 Å². The van der Waals surface area contributed by atoms with E-state index in [4.69, 9.17) is 4.74 Å². The molecule has 3 atom stereocenters. The number of nitrogens with zero attached hydrogens (tertiary/aromatic N) is 1. The minimum absolute atomic E-state index is 0.0154. The van der Waals surface area contributed by atoms with Crippen LogP contribution < -0.4 is 4.74 Å². The summed E-state index contributed by atoms with van der Waals surface area (Å²) >= 11 is 0. The van der Waals surface area contributed by atoms with Gasteiger partial charge in [-0.05, 0) is 44.2 Å². The predicted octanol–water partition coefficient (Wildman–Crippen LogP) is 2.68. The Morgan fingerprint density at radius 3 is 2.42 bits per heavy atom. The highest BCUT2D eigenvalue weighted by molar-refractivity contribution is 5.28. The van der Waals surface area contributed by atoms with Gasteiger partial charge in [-0.15, -0.1) is 0 Å². The van der Waals surface area contributed by atoms with Crippen LogP contribution in [0, 0.1) is 0 Å². The maximum absolute atomic E-state index is 12.5. The van der Waals surface area contributed by atoms with Gasteiger partial charge in [-0.1, -0.05) is 12.8 Å². The minimum atomic E-state index is -4.37. The SMILES string of the molecule is CN(CC(O)COc1ccc(C(F)(F)F)cc1)C1CCCCC1O. The van der Waals surface area contributed by atoms with Crippen LogP contribution in [0.3, 0.4) is 0 Å². The minimum Gasteiger partial charge on any atom is -0.491 e. The van der Waals surface area contributed by atoms with E-state index < -0.39 is 17.8 Å². The highest BCUT2D eigenvalue weighted by Gasteiger charge is 2.30. The zero-order chi connectivity index (χ0) is 17.7. The molecule has 1 aliphatic rings. The Kier molecular flexibility index (Phi) is 6.48. The van der Waals surface area contributed by atoms with Crippen molar-refractivity contribution >= 4 is 0 Å². The Morgan fingerprint density at radius 1 is 1.21 bits per heavy atom. The number of rotatable bonds is 6. The van der Waals surface area contributed by atoms with Crippen LogP contribution in [0.25, 0.3) is 0 Å². The molecule has 1 saturated carbocycles. The van der Waals surface area contributed by atoms with E-state index in [2.05, 4.69) is 0 Å². The van der Waals surface area contributed by atoms with E-state index >= 15 is 0 Å². The Morgan fingerprint density at radius 2 is 1.83 bits per heavy atom. The molecule has 2 rings (SSSR count). The van der Waals surface area contributed by atoms with Crippen LogP contribution in [0.15, 0.2) is 24.3 Å². The molecule has 7 heteroatoms. The highest BCUT2D eigenvalue weighted by atomic mass is 19.4. The van der Waals surface area contributed by atoms with E-state index in [9.17, 15) is 23.4 Å². The molecular formula is C17H24F3NO3. The second kappa shape index (κ2) is 8.18. The molecule has 136 valence electrons. The molecular weight excluding hydrogens is 323 g/mol. The largest absolute Gasteiger partial charge is 0.491 e. The second-order valence-corrected chi connectivity index (χ2v) is 6.35. The van der Waals surface area contributed by atoms with Gasteiger partial charge in [0, 0.05) is 12.6 Å². The first-order valence-electron chi connectivity index (χ1n) is 8.14. The lowest BCUT2D eigenvalue weighted by Crippen LogP contribution is -2.47. The monoisotopic (exact) mass is 347 g/mol. The number of hydrogen-bond acceptors (Lipinski definition) is 4. The Bertz CT molecular complexity index is 507. The van der Waals surface area contributed by atoms with Crippen molar-refractivity contribution in [1.82, 2.24) is 4.90 Å². The summed E-state index contributed by atoms with van der Waals surface area (Å²) in [6.07, 6.45) is -1.80. The zero-order valence-electron chi connectivity index (χ0n) is 13.7. The molecule has 0 saturated heterocycles. The van der Waals surface area contributed by atoms with Crippen LogP contribution in [0.4, 0.5) is 13.2 Å². The third kappa shape index (κ3) is 5.36. The molecule has 0 bridgehead atoms. The first-order valence-corrected chi connectivity index (χ1v) is 8.14. The van der Waals surface area contributed by atoms with Gasteiger partial charge in [-0.25, -0.2) is 0 Å². The fourth-order valence-electron chi connectivity index (χ4n) is 3.06. The average Bonchev–Trinajstić information content (AvgIpc) is 2.53. The van der Waals surface area contributed by atoms with Crippen molar-refractivity contribution in [2.45, 2.75) is 50.1 Å². The molecule has 1 aliphatic carbocycles. The highest BCUT2D eigenvalue weighted by Crippen LogP contribution is 2.30. The molecule has 1 aromatic carbocycles. The summed E-state index contributed by atoms with van der Waals surface area (Å²) in [6, 6.07) is 4.41. The molecule has 0 radical (unpaired) electrons. The summed E-state index contributed by atoms with van der Waals surface area (Å²) < 4.78 is 42.8. The van der Waals surface area contributed by atoms with Crippen molar-refractivity contribution in [2.75, 3.05) is 20.2 Å². The summed E-state index contributed by atoms with van der Waals surface area (Å²) in [5.41, 5.74) is -0.735. The summed E-state index contributed by atoms with van der Waals surface area (Å²) in [5, 5.41) is 20.1. The lowest BCUT2D eigenvalue weighted by molar-refractivity contribution is -0.137. The first-order chi connectivity index (χ1) is 11.3. The molecule has 1 fully saturated rings. The van der Waals surface area contributed by atoms with E-state index in [1.54, 1.807) is 0 Å². The first kappa shape index (κ1) is 19.0. The lowest BCUT2D eigenvalue weighted by Gasteiger charge is -2.36. The lowest BCUT2D eigenvalue weighted by atomic mass is 9.91. The molecule has 2 N–H and O–H groups in total. The second-order valence-electron chi connectivity index (χ2n) is 6.35. The number of aliphatic hydroxyl groups is 2. The van der Waals surface area contributed by atoms with Crippen LogP contribution in [0.1, 0.15) is 31.2 Å². The molecule has 1 aromatic rings. The molecule has 0 amide bonds. The van der Waals surface area contributed by atoms with Crippen LogP contribution in [0.5, 0.6) is 5.75 Å². The van der Waals surface area contributed by atoms with Crippen molar-refractivity contribution in [3.63, 3.8) is 0 Å². The van der Waals surface area contributed by atoms with Crippen LogP contribution in [0.2, 0.25) is 0 Å². The molecule has 3 unspecified atom stereocenters. The number of ether oxygens (including phenoxy) is 1. The summed E-state index contributed by atoms with van der Waals surface area (Å²) in [6.45, 7) is 0.320. The maximum atomic E-state index is 12.5. The summed E-state index contributed by atoms with van der Waals surface area (Å²) in [7, 11) is 1.85.